The molecular formula is C20H18ClFN6. The van der Waals surface area contributed by atoms with Crippen molar-refractivity contribution in [2.45, 2.75) is 26.7 Å². The maximum atomic E-state index is 13.5. The van der Waals surface area contributed by atoms with Crippen LogP contribution in [-0.2, 0) is 6.42 Å². The average Bonchev–Trinajstić information content (AvgIpc) is 3.06. The number of pyridine rings is 1. The molecule has 0 spiro atoms. The molecule has 142 valence electrons. The summed E-state index contributed by atoms with van der Waals surface area (Å²) >= 11 is 6.21. The predicted octanol–water partition coefficient (Wildman–Crippen LogP) is 4.49. The van der Waals surface area contributed by atoms with Crippen LogP contribution in [0, 0.1) is 12.7 Å². The largest absolute Gasteiger partial charge is 0.368 e. The van der Waals surface area contributed by atoms with Crippen LogP contribution in [0.4, 0.5) is 10.3 Å². The molecule has 0 saturated carbocycles. The van der Waals surface area contributed by atoms with Crippen LogP contribution in [0.15, 0.2) is 36.4 Å². The first-order chi connectivity index (χ1) is 13.5. The number of halogens is 2. The molecule has 0 aliphatic heterocycles. The minimum atomic E-state index is -0.324. The zero-order valence-electron chi connectivity index (χ0n) is 15.4. The summed E-state index contributed by atoms with van der Waals surface area (Å²) in [6.45, 7) is 3.92. The molecule has 28 heavy (non-hydrogen) atoms. The number of nitrogen functional groups attached to an aromatic ring is 1. The van der Waals surface area contributed by atoms with Gasteiger partial charge in [0.25, 0.3) is 0 Å². The monoisotopic (exact) mass is 396 g/mol. The number of aromatic nitrogens is 5. The van der Waals surface area contributed by atoms with E-state index in [1.165, 1.54) is 16.6 Å². The van der Waals surface area contributed by atoms with Crippen molar-refractivity contribution in [1.82, 2.24) is 24.6 Å². The molecule has 0 bridgehead atoms. The second-order valence-electron chi connectivity index (χ2n) is 6.53. The molecule has 6 nitrogen and oxygen atoms in total. The van der Waals surface area contributed by atoms with Crippen molar-refractivity contribution in [3.05, 3.63) is 58.9 Å². The fourth-order valence-corrected chi connectivity index (χ4v) is 3.44. The Labute approximate surface area is 166 Å². The number of rotatable bonds is 4. The Morgan fingerprint density at radius 3 is 2.50 bits per heavy atom. The maximum Gasteiger partial charge on any atom is 0.223 e. The molecule has 0 amide bonds. The Balaban J connectivity index is 2.08. The van der Waals surface area contributed by atoms with Crippen LogP contribution in [0.25, 0.3) is 28.0 Å². The van der Waals surface area contributed by atoms with E-state index in [2.05, 4.69) is 22.0 Å². The lowest BCUT2D eigenvalue weighted by Crippen LogP contribution is -2.06. The van der Waals surface area contributed by atoms with Gasteiger partial charge in [-0.3, -0.25) is 0 Å². The Kier molecular flexibility index (Phi) is 4.68. The third-order valence-electron chi connectivity index (χ3n) is 4.36. The van der Waals surface area contributed by atoms with Crippen LogP contribution in [0.3, 0.4) is 0 Å². The molecule has 4 aromatic rings. The molecule has 0 fully saturated rings. The van der Waals surface area contributed by atoms with Crippen molar-refractivity contribution in [3.63, 3.8) is 0 Å². The van der Waals surface area contributed by atoms with Crippen LogP contribution < -0.4 is 5.73 Å². The molecule has 0 atom stereocenters. The second kappa shape index (κ2) is 7.16. The lowest BCUT2D eigenvalue weighted by atomic mass is 10.00. The summed E-state index contributed by atoms with van der Waals surface area (Å²) in [5, 5.41) is 4.86. The van der Waals surface area contributed by atoms with Crippen molar-refractivity contribution in [2.75, 3.05) is 5.73 Å². The second-order valence-corrected chi connectivity index (χ2v) is 6.92. The molecule has 8 heteroatoms. The van der Waals surface area contributed by atoms with Gasteiger partial charge in [0.1, 0.15) is 11.0 Å². The van der Waals surface area contributed by atoms with Crippen LogP contribution in [0.5, 0.6) is 0 Å². The fraction of sp³-hybridized carbons (Fsp3) is 0.200. The summed E-state index contributed by atoms with van der Waals surface area (Å²) in [6, 6.07) is 9.76. The van der Waals surface area contributed by atoms with Crippen LogP contribution >= 0.6 is 11.6 Å². The first-order valence-electron chi connectivity index (χ1n) is 8.92. The Morgan fingerprint density at radius 2 is 1.82 bits per heavy atom. The smallest absolute Gasteiger partial charge is 0.223 e. The number of fused-ring (bicyclic) bond motifs is 1. The molecule has 1 aromatic carbocycles. The van der Waals surface area contributed by atoms with E-state index in [1.54, 1.807) is 18.2 Å². The Bertz CT molecular complexity index is 1150. The lowest BCUT2D eigenvalue weighted by molar-refractivity contribution is 0.628. The number of hydrogen-bond acceptors (Lipinski definition) is 5. The van der Waals surface area contributed by atoms with Crippen molar-refractivity contribution in [1.29, 1.82) is 0 Å². The first kappa shape index (κ1) is 18.3. The first-order valence-corrected chi connectivity index (χ1v) is 9.29. The summed E-state index contributed by atoms with van der Waals surface area (Å²) in [6.07, 6.45) is 1.63. The molecule has 3 heterocycles. The fourth-order valence-electron chi connectivity index (χ4n) is 3.18. The number of aryl methyl sites for hydroxylation is 2. The highest BCUT2D eigenvalue weighted by atomic mass is 35.5. The number of anilines is 1. The van der Waals surface area contributed by atoms with Gasteiger partial charge in [-0.25, -0.2) is 19.3 Å². The van der Waals surface area contributed by atoms with E-state index in [-0.39, 0.29) is 11.8 Å². The molecular weight excluding hydrogens is 379 g/mol. The molecule has 0 radical (unpaired) electrons. The maximum absolute atomic E-state index is 13.5. The quantitative estimate of drug-likeness (QED) is 0.514. The standard InChI is InChI=1S/C20H18ClFN6/c1-3-4-16-25-19-17(13-9-11(2)24-15(21)10-13)18(26-20(23)28(19)27-16)12-5-7-14(22)8-6-12/h5-10H,3-4H2,1-2H3,(H2,23,26). The van der Waals surface area contributed by atoms with Crippen LogP contribution in [-0.4, -0.2) is 24.6 Å². The lowest BCUT2D eigenvalue weighted by Gasteiger charge is -2.12. The molecule has 0 saturated heterocycles. The molecule has 0 aliphatic carbocycles. The number of nitrogens with two attached hydrogens (primary N) is 1. The topological polar surface area (TPSA) is 82.0 Å². The van der Waals surface area contributed by atoms with Gasteiger partial charge in [-0.1, -0.05) is 18.5 Å². The van der Waals surface area contributed by atoms with Crippen LogP contribution in [0.2, 0.25) is 5.15 Å². The van der Waals surface area contributed by atoms with Crippen molar-refractivity contribution >= 4 is 23.2 Å². The van der Waals surface area contributed by atoms with E-state index in [0.29, 0.717) is 22.3 Å². The normalized spacial score (nSPS) is 11.3. The zero-order chi connectivity index (χ0) is 19.8. The number of nitrogens with zero attached hydrogens (tertiary/aromatic N) is 5. The van der Waals surface area contributed by atoms with Crippen molar-refractivity contribution in [2.24, 2.45) is 0 Å². The molecule has 0 unspecified atom stereocenters. The van der Waals surface area contributed by atoms with Crippen molar-refractivity contribution in [3.8, 4) is 22.4 Å². The van der Waals surface area contributed by atoms with E-state index in [4.69, 9.17) is 22.3 Å². The minimum absolute atomic E-state index is 0.213. The molecule has 2 N–H and O–H groups in total. The number of hydrogen-bond donors (Lipinski definition) is 1. The van der Waals surface area contributed by atoms with Gasteiger partial charge in [-0.2, -0.15) is 4.52 Å². The predicted molar refractivity (Wildman–Crippen MR) is 108 cm³/mol. The van der Waals surface area contributed by atoms with Gasteiger partial charge in [0, 0.05) is 17.7 Å². The SMILES string of the molecule is CCCc1nc2c(-c3cc(C)nc(Cl)c3)c(-c3ccc(F)cc3)nc(N)n2n1. The van der Waals surface area contributed by atoms with Gasteiger partial charge in [-0.05, 0) is 55.3 Å². The summed E-state index contributed by atoms with van der Waals surface area (Å²) in [5.74, 6) is 0.574. The highest BCUT2D eigenvalue weighted by Gasteiger charge is 2.20. The highest BCUT2D eigenvalue weighted by molar-refractivity contribution is 6.29. The minimum Gasteiger partial charge on any atom is -0.368 e. The third kappa shape index (κ3) is 3.29. The number of benzene rings is 1. The van der Waals surface area contributed by atoms with Gasteiger partial charge in [0.05, 0.1) is 11.3 Å². The molecule has 4 rings (SSSR count). The van der Waals surface area contributed by atoms with Gasteiger partial charge >= 0.3 is 0 Å². The van der Waals surface area contributed by atoms with E-state index in [1.807, 2.05) is 13.0 Å². The van der Waals surface area contributed by atoms with Gasteiger partial charge in [0.15, 0.2) is 11.5 Å². The van der Waals surface area contributed by atoms with E-state index in [0.717, 1.165) is 35.2 Å². The van der Waals surface area contributed by atoms with Gasteiger partial charge in [0.2, 0.25) is 5.95 Å². The summed E-state index contributed by atoms with van der Waals surface area (Å²) in [4.78, 5) is 13.5. The molecule has 3 aromatic heterocycles. The van der Waals surface area contributed by atoms with E-state index >= 15 is 0 Å². The third-order valence-corrected chi connectivity index (χ3v) is 4.55. The molecule has 0 aliphatic rings. The summed E-state index contributed by atoms with van der Waals surface area (Å²) < 4.78 is 15.0. The van der Waals surface area contributed by atoms with Crippen LogP contribution in [0.1, 0.15) is 24.9 Å². The zero-order valence-corrected chi connectivity index (χ0v) is 16.2. The average molecular weight is 397 g/mol. The Morgan fingerprint density at radius 1 is 1.07 bits per heavy atom. The van der Waals surface area contributed by atoms with E-state index < -0.39 is 0 Å². The summed E-state index contributed by atoms with van der Waals surface area (Å²) in [5.41, 5.74) is 10.3. The van der Waals surface area contributed by atoms with Crippen molar-refractivity contribution < 1.29 is 4.39 Å². The van der Waals surface area contributed by atoms with Gasteiger partial charge in [-0.15, -0.1) is 5.10 Å². The summed E-state index contributed by atoms with van der Waals surface area (Å²) in [7, 11) is 0. The Hall–Kier alpha value is -3.06. The highest BCUT2D eigenvalue weighted by Crippen LogP contribution is 2.36. The van der Waals surface area contributed by atoms with E-state index in [9.17, 15) is 4.39 Å². The van der Waals surface area contributed by atoms with Gasteiger partial charge < -0.3 is 5.73 Å².